The minimum atomic E-state index is -0.505. The average Bonchev–Trinajstić information content (AvgIpc) is 2.77. The summed E-state index contributed by atoms with van der Waals surface area (Å²) >= 11 is 5.89. The number of pyridine rings is 1. The summed E-state index contributed by atoms with van der Waals surface area (Å²) in [6.07, 6.45) is 1.57. The molecule has 2 heterocycles. The number of hydrogen-bond acceptors (Lipinski definition) is 6. The predicted molar refractivity (Wildman–Crippen MR) is 66.8 cm³/mol. The Kier molecular flexibility index (Phi) is 3.96. The molecule has 2 rings (SSSR count). The summed E-state index contributed by atoms with van der Waals surface area (Å²) in [5.41, 5.74) is 0.565. The summed E-state index contributed by atoms with van der Waals surface area (Å²) in [5.74, 6) is -0.0164. The van der Waals surface area contributed by atoms with Gasteiger partial charge >= 0.3 is 12.0 Å². The second kappa shape index (κ2) is 5.66. The van der Waals surface area contributed by atoms with E-state index in [0.29, 0.717) is 16.5 Å². The van der Waals surface area contributed by atoms with Crippen LogP contribution in [0.25, 0.3) is 11.5 Å². The lowest BCUT2D eigenvalue weighted by Gasteiger charge is -1.98. The van der Waals surface area contributed by atoms with Crippen LogP contribution >= 0.6 is 11.6 Å². The monoisotopic (exact) mass is 282 g/mol. The van der Waals surface area contributed by atoms with E-state index >= 15 is 0 Å². The highest BCUT2D eigenvalue weighted by Crippen LogP contribution is 2.19. The van der Waals surface area contributed by atoms with E-state index in [9.17, 15) is 4.79 Å². The number of rotatable bonds is 4. The Morgan fingerprint density at radius 3 is 3.00 bits per heavy atom. The number of aryl methyl sites for hydroxylation is 1. The summed E-state index contributed by atoms with van der Waals surface area (Å²) in [6, 6.07) is 3.40. The smallest absolute Gasteiger partial charge is 0.344 e. The van der Waals surface area contributed by atoms with E-state index in [1.807, 2.05) is 0 Å². The van der Waals surface area contributed by atoms with Gasteiger partial charge in [0, 0.05) is 18.3 Å². The van der Waals surface area contributed by atoms with E-state index in [2.05, 4.69) is 19.8 Å². The minimum absolute atomic E-state index is 0.0738. The largest absolute Gasteiger partial charge is 0.466 e. The van der Waals surface area contributed by atoms with Crippen molar-refractivity contribution in [2.75, 3.05) is 13.7 Å². The molecule has 2 aromatic heterocycles. The van der Waals surface area contributed by atoms with Gasteiger partial charge in [0.1, 0.15) is 5.69 Å². The van der Waals surface area contributed by atoms with Gasteiger partial charge in [-0.25, -0.2) is 9.48 Å². The summed E-state index contributed by atoms with van der Waals surface area (Å²) in [4.78, 5) is 19.2. The third kappa shape index (κ3) is 3.19. The molecule has 7 nitrogen and oxygen atoms in total. The van der Waals surface area contributed by atoms with Crippen molar-refractivity contribution in [2.45, 2.75) is 0 Å². The van der Waals surface area contributed by atoms with Crippen molar-refractivity contribution in [1.29, 1.82) is 0 Å². The molecule has 0 saturated heterocycles. The van der Waals surface area contributed by atoms with Crippen LogP contribution in [-0.2, 0) is 16.6 Å². The molecule has 0 radical (unpaired) electrons. The number of carbonyl (C=O) groups excluding carboxylic acids is 1. The number of nitrogens with zero attached hydrogens (tertiary/aromatic N) is 4. The van der Waals surface area contributed by atoms with Gasteiger partial charge in [-0.05, 0) is 12.1 Å². The van der Waals surface area contributed by atoms with Crippen molar-refractivity contribution in [1.82, 2.24) is 19.7 Å². The van der Waals surface area contributed by atoms with Crippen LogP contribution in [0.15, 0.2) is 18.3 Å². The quantitative estimate of drug-likeness (QED) is 0.781. The van der Waals surface area contributed by atoms with Crippen LogP contribution in [0.1, 0.15) is 0 Å². The molecule has 0 N–H and O–H groups in total. The molecule has 0 saturated carbocycles. The van der Waals surface area contributed by atoms with Crippen LogP contribution in [0.2, 0.25) is 5.02 Å². The van der Waals surface area contributed by atoms with Gasteiger partial charge in [-0.2, -0.15) is 4.98 Å². The summed E-state index contributed by atoms with van der Waals surface area (Å²) < 4.78 is 11.0. The standard InChI is InChI=1S/C11H11ClN4O3/c1-16-10(8-5-7(12)3-4-13-8)14-11(15-16)19-6-9(17)18-2/h3-5H,6H2,1-2H3. The van der Waals surface area contributed by atoms with Gasteiger partial charge in [-0.15, -0.1) is 5.10 Å². The fourth-order valence-corrected chi connectivity index (χ4v) is 1.51. The number of ether oxygens (including phenoxy) is 2. The maximum atomic E-state index is 11.0. The fraction of sp³-hybridized carbons (Fsp3) is 0.273. The third-order valence-electron chi connectivity index (χ3n) is 2.24. The van der Waals surface area contributed by atoms with Gasteiger partial charge in [0.2, 0.25) is 0 Å². The minimum Gasteiger partial charge on any atom is -0.466 e. The van der Waals surface area contributed by atoms with Gasteiger partial charge in [0.15, 0.2) is 12.4 Å². The molecular formula is C11H11ClN4O3. The number of carbonyl (C=O) groups is 1. The van der Waals surface area contributed by atoms with Gasteiger partial charge in [-0.1, -0.05) is 11.6 Å². The van der Waals surface area contributed by atoms with Crippen LogP contribution in [0.4, 0.5) is 0 Å². The Balaban J connectivity index is 2.19. The average molecular weight is 283 g/mol. The van der Waals surface area contributed by atoms with Crippen molar-refractivity contribution in [3.63, 3.8) is 0 Å². The van der Waals surface area contributed by atoms with Crippen molar-refractivity contribution >= 4 is 17.6 Å². The summed E-state index contributed by atoms with van der Waals surface area (Å²) in [7, 11) is 2.97. The molecule has 2 aromatic rings. The highest BCUT2D eigenvalue weighted by molar-refractivity contribution is 6.30. The normalized spacial score (nSPS) is 10.3. The van der Waals surface area contributed by atoms with E-state index in [-0.39, 0.29) is 12.6 Å². The number of halogens is 1. The van der Waals surface area contributed by atoms with Gasteiger partial charge in [0.25, 0.3) is 0 Å². The zero-order chi connectivity index (χ0) is 13.8. The third-order valence-corrected chi connectivity index (χ3v) is 2.48. The maximum absolute atomic E-state index is 11.0. The molecule has 8 heteroatoms. The van der Waals surface area contributed by atoms with Crippen LogP contribution in [-0.4, -0.2) is 39.4 Å². The van der Waals surface area contributed by atoms with Crippen molar-refractivity contribution in [3.8, 4) is 17.5 Å². The Morgan fingerprint density at radius 2 is 2.32 bits per heavy atom. The molecule has 0 atom stereocenters. The van der Waals surface area contributed by atoms with Crippen LogP contribution in [0.3, 0.4) is 0 Å². The zero-order valence-electron chi connectivity index (χ0n) is 10.3. The molecule has 0 aliphatic carbocycles. The van der Waals surface area contributed by atoms with Crippen molar-refractivity contribution in [2.24, 2.45) is 7.05 Å². The van der Waals surface area contributed by atoms with Crippen molar-refractivity contribution < 1.29 is 14.3 Å². The number of aromatic nitrogens is 4. The SMILES string of the molecule is COC(=O)COc1nc(-c2cc(Cl)ccn2)n(C)n1. The first-order valence-electron chi connectivity index (χ1n) is 5.32. The molecule has 19 heavy (non-hydrogen) atoms. The molecule has 0 unspecified atom stereocenters. The summed E-state index contributed by atoms with van der Waals surface area (Å²) in [5, 5.41) is 4.56. The zero-order valence-corrected chi connectivity index (χ0v) is 11.1. The maximum Gasteiger partial charge on any atom is 0.344 e. The van der Waals surface area contributed by atoms with Gasteiger partial charge in [-0.3, -0.25) is 4.98 Å². The van der Waals surface area contributed by atoms with Crippen LogP contribution < -0.4 is 4.74 Å². The Hall–Kier alpha value is -2.15. The van der Waals surface area contributed by atoms with Gasteiger partial charge in [0.05, 0.1) is 7.11 Å². The molecule has 0 amide bonds. The van der Waals surface area contributed by atoms with E-state index in [1.54, 1.807) is 25.4 Å². The number of esters is 1. The Bertz CT molecular complexity index is 599. The van der Waals surface area contributed by atoms with Crippen LogP contribution in [0, 0.1) is 0 Å². The fourth-order valence-electron chi connectivity index (χ4n) is 1.35. The summed E-state index contributed by atoms with van der Waals surface area (Å²) in [6.45, 7) is -0.247. The highest BCUT2D eigenvalue weighted by atomic mass is 35.5. The molecule has 100 valence electrons. The Morgan fingerprint density at radius 1 is 1.53 bits per heavy atom. The van der Waals surface area contributed by atoms with E-state index in [1.165, 1.54) is 11.8 Å². The van der Waals surface area contributed by atoms with Crippen molar-refractivity contribution in [3.05, 3.63) is 23.4 Å². The second-order valence-electron chi connectivity index (χ2n) is 3.57. The first-order valence-corrected chi connectivity index (χ1v) is 5.70. The molecule has 0 bridgehead atoms. The Labute approximate surface area is 114 Å². The lowest BCUT2D eigenvalue weighted by atomic mass is 10.3. The van der Waals surface area contributed by atoms with E-state index in [0.717, 1.165) is 0 Å². The second-order valence-corrected chi connectivity index (χ2v) is 4.00. The first-order chi connectivity index (χ1) is 9.10. The number of hydrogen-bond donors (Lipinski definition) is 0. The highest BCUT2D eigenvalue weighted by Gasteiger charge is 2.13. The molecule has 0 spiro atoms. The lowest BCUT2D eigenvalue weighted by Crippen LogP contribution is -2.13. The molecule has 0 fully saturated rings. The first kappa shape index (κ1) is 13.3. The predicted octanol–water partition coefficient (Wildman–Crippen LogP) is 1.08. The molecule has 0 aliphatic rings. The van der Waals surface area contributed by atoms with E-state index in [4.69, 9.17) is 16.3 Å². The molecule has 0 aliphatic heterocycles. The molecule has 0 aromatic carbocycles. The molecular weight excluding hydrogens is 272 g/mol. The van der Waals surface area contributed by atoms with Crippen LogP contribution in [0.5, 0.6) is 6.01 Å². The van der Waals surface area contributed by atoms with E-state index < -0.39 is 5.97 Å². The van der Waals surface area contributed by atoms with Gasteiger partial charge < -0.3 is 9.47 Å². The topological polar surface area (TPSA) is 79.1 Å². The number of methoxy groups -OCH3 is 1. The lowest BCUT2D eigenvalue weighted by molar-refractivity contribution is -0.143.